The van der Waals surface area contributed by atoms with Crippen molar-refractivity contribution in [3.8, 4) is 0 Å². The number of halogens is 1. The van der Waals surface area contributed by atoms with E-state index in [4.69, 9.17) is 16.4 Å². The molecule has 1 aromatic carbocycles. The van der Waals surface area contributed by atoms with E-state index in [1.807, 2.05) is 4.90 Å². The first-order valence-electron chi connectivity index (χ1n) is 7.16. The van der Waals surface area contributed by atoms with Crippen molar-refractivity contribution in [2.45, 2.75) is 25.7 Å². The molecule has 2 heterocycles. The van der Waals surface area contributed by atoms with Crippen LogP contribution in [0.1, 0.15) is 25.7 Å². The fourth-order valence-corrected chi connectivity index (χ4v) is 2.66. The monoisotopic (exact) mass is 308 g/mol. The molecule has 112 valence electrons. The molecule has 6 nitrogen and oxygen atoms in total. The van der Waals surface area contributed by atoms with Crippen molar-refractivity contribution in [2.75, 3.05) is 19.7 Å². The van der Waals surface area contributed by atoms with Crippen molar-refractivity contribution in [3.63, 3.8) is 0 Å². The molecule has 1 amide bonds. The summed E-state index contributed by atoms with van der Waals surface area (Å²) >= 11 is 5.95. The Morgan fingerprint density at radius 1 is 1.24 bits per heavy atom. The first-order chi connectivity index (χ1) is 10.2. The van der Waals surface area contributed by atoms with Gasteiger partial charge in [0, 0.05) is 18.1 Å². The first kappa shape index (κ1) is 14.1. The average Bonchev–Trinajstić information content (AvgIpc) is 2.71. The molecule has 1 fully saturated rings. The number of nitrogens with zero attached hydrogens (tertiary/aromatic N) is 4. The molecule has 0 unspecified atom stereocenters. The third-order valence-electron chi connectivity index (χ3n) is 3.65. The maximum absolute atomic E-state index is 12.2. The van der Waals surface area contributed by atoms with Crippen molar-refractivity contribution in [1.82, 2.24) is 20.1 Å². The number of fused-ring (bicyclic) bond motifs is 1. The summed E-state index contributed by atoms with van der Waals surface area (Å²) in [5.41, 5.74) is 1.34. The van der Waals surface area contributed by atoms with E-state index in [2.05, 4.69) is 10.3 Å². The minimum absolute atomic E-state index is 0.0115. The third kappa shape index (κ3) is 3.26. The van der Waals surface area contributed by atoms with Crippen LogP contribution in [0.3, 0.4) is 0 Å². The van der Waals surface area contributed by atoms with E-state index in [1.54, 1.807) is 18.2 Å². The summed E-state index contributed by atoms with van der Waals surface area (Å²) in [6.45, 7) is 1.59. The molecule has 0 N–H and O–H groups in total. The zero-order valence-electron chi connectivity index (χ0n) is 11.7. The predicted molar refractivity (Wildman–Crippen MR) is 79.0 cm³/mol. The maximum atomic E-state index is 12.2. The van der Waals surface area contributed by atoms with Crippen LogP contribution < -0.4 is 4.84 Å². The summed E-state index contributed by atoms with van der Waals surface area (Å²) in [7, 11) is 0. The van der Waals surface area contributed by atoms with Crippen LogP contribution in [0.25, 0.3) is 11.0 Å². The lowest BCUT2D eigenvalue weighted by Crippen LogP contribution is -2.37. The Balaban J connectivity index is 1.65. The van der Waals surface area contributed by atoms with Gasteiger partial charge in [0.25, 0.3) is 5.91 Å². The van der Waals surface area contributed by atoms with Gasteiger partial charge in [0.1, 0.15) is 11.0 Å². The molecule has 0 aliphatic carbocycles. The molecule has 0 bridgehead atoms. The summed E-state index contributed by atoms with van der Waals surface area (Å²) in [6, 6.07) is 5.22. The van der Waals surface area contributed by atoms with Gasteiger partial charge in [-0.3, -0.25) is 4.79 Å². The molecule has 0 saturated carbocycles. The number of carbonyl (C=O) groups excluding carboxylic acids is 1. The van der Waals surface area contributed by atoms with Crippen molar-refractivity contribution < 1.29 is 9.63 Å². The van der Waals surface area contributed by atoms with Gasteiger partial charge in [0.15, 0.2) is 6.61 Å². The number of hydrogen-bond donors (Lipinski definition) is 0. The second-order valence-electron chi connectivity index (χ2n) is 5.16. The number of amides is 1. The van der Waals surface area contributed by atoms with Crippen molar-refractivity contribution >= 4 is 28.5 Å². The Hall–Kier alpha value is -1.82. The number of hydrogen-bond acceptors (Lipinski definition) is 4. The SMILES string of the molecule is O=C(COn1nnc2ccc(Cl)cc21)N1CCCCCC1. The van der Waals surface area contributed by atoms with E-state index in [-0.39, 0.29) is 12.5 Å². The van der Waals surface area contributed by atoms with Gasteiger partial charge in [-0.25, -0.2) is 0 Å². The molecule has 21 heavy (non-hydrogen) atoms. The zero-order valence-corrected chi connectivity index (χ0v) is 12.4. The molecular weight excluding hydrogens is 292 g/mol. The third-order valence-corrected chi connectivity index (χ3v) is 3.88. The van der Waals surface area contributed by atoms with E-state index in [0.29, 0.717) is 16.1 Å². The van der Waals surface area contributed by atoms with Crippen molar-refractivity contribution in [3.05, 3.63) is 23.2 Å². The van der Waals surface area contributed by atoms with Crippen LogP contribution in [-0.2, 0) is 4.79 Å². The van der Waals surface area contributed by atoms with Crippen LogP contribution in [0.4, 0.5) is 0 Å². The Bertz CT molecular complexity index is 635. The summed E-state index contributed by atoms with van der Waals surface area (Å²) < 4.78 is 0. The summed E-state index contributed by atoms with van der Waals surface area (Å²) in [6.07, 6.45) is 4.51. The second-order valence-corrected chi connectivity index (χ2v) is 5.60. The molecule has 0 spiro atoms. The highest BCUT2D eigenvalue weighted by atomic mass is 35.5. The Morgan fingerprint density at radius 3 is 2.76 bits per heavy atom. The standard InChI is InChI=1S/C14H17ClN4O2/c15-11-5-6-12-13(9-11)19(17-16-12)21-10-14(20)18-7-3-1-2-4-8-18/h5-6,9H,1-4,7-8,10H2. The van der Waals surface area contributed by atoms with Crippen LogP contribution in [0.5, 0.6) is 0 Å². The highest BCUT2D eigenvalue weighted by Gasteiger charge is 2.17. The predicted octanol–water partition coefficient (Wildman–Crippen LogP) is 1.92. The molecule has 1 saturated heterocycles. The summed E-state index contributed by atoms with van der Waals surface area (Å²) in [5.74, 6) is -0.0115. The fourth-order valence-electron chi connectivity index (χ4n) is 2.49. The van der Waals surface area contributed by atoms with Gasteiger partial charge in [-0.15, -0.1) is 5.10 Å². The van der Waals surface area contributed by atoms with Crippen molar-refractivity contribution in [2.24, 2.45) is 0 Å². The molecule has 0 atom stereocenters. The second kappa shape index (κ2) is 6.30. The van der Waals surface area contributed by atoms with Gasteiger partial charge in [-0.1, -0.05) is 29.3 Å². The Morgan fingerprint density at radius 2 is 2.00 bits per heavy atom. The van der Waals surface area contributed by atoms with E-state index in [0.717, 1.165) is 25.9 Å². The topological polar surface area (TPSA) is 60.3 Å². The van der Waals surface area contributed by atoms with Gasteiger partial charge in [-0.05, 0) is 36.3 Å². The zero-order chi connectivity index (χ0) is 14.7. The van der Waals surface area contributed by atoms with Gasteiger partial charge in [0.2, 0.25) is 0 Å². The lowest BCUT2D eigenvalue weighted by atomic mass is 10.2. The molecule has 3 rings (SSSR count). The number of likely N-dealkylation sites (tertiary alicyclic amines) is 1. The number of rotatable bonds is 3. The summed E-state index contributed by atoms with van der Waals surface area (Å²) in [4.78, 5) is 20.7. The lowest BCUT2D eigenvalue weighted by molar-refractivity contribution is -0.136. The number of benzene rings is 1. The van der Waals surface area contributed by atoms with E-state index >= 15 is 0 Å². The molecule has 1 aliphatic rings. The quantitative estimate of drug-likeness (QED) is 0.869. The van der Waals surface area contributed by atoms with Crippen LogP contribution in [0, 0.1) is 0 Å². The molecule has 0 radical (unpaired) electrons. The maximum Gasteiger partial charge on any atom is 0.263 e. The minimum atomic E-state index is -0.0367. The highest BCUT2D eigenvalue weighted by molar-refractivity contribution is 6.31. The smallest absolute Gasteiger partial charge is 0.263 e. The van der Waals surface area contributed by atoms with E-state index in [9.17, 15) is 4.79 Å². The normalized spacial score (nSPS) is 16.0. The molecule has 1 aromatic heterocycles. The first-order valence-corrected chi connectivity index (χ1v) is 7.54. The van der Waals surface area contributed by atoms with Gasteiger partial charge >= 0.3 is 0 Å². The Labute approximate surface area is 127 Å². The summed E-state index contributed by atoms with van der Waals surface area (Å²) in [5, 5.41) is 8.43. The molecular formula is C14H17ClN4O2. The molecule has 7 heteroatoms. The van der Waals surface area contributed by atoms with E-state index in [1.165, 1.54) is 17.7 Å². The molecule has 1 aliphatic heterocycles. The van der Waals surface area contributed by atoms with Crippen LogP contribution in [0.15, 0.2) is 18.2 Å². The minimum Gasteiger partial charge on any atom is -0.385 e. The largest absolute Gasteiger partial charge is 0.385 e. The number of aromatic nitrogens is 3. The van der Waals surface area contributed by atoms with E-state index < -0.39 is 0 Å². The van der Waals surface area contributed by atoms with Crippen LogP contribution in [-0.4, -0.2) is 45.7 Å². The Kier molecular flexibility index (Phi) is 4.24. The van der Waals surface area contributed by atoms with Gasteiger partial charge < -0.3 is 9.74 Å². The fraction of sp³-hybridized carbons (Fsp3) is 0.500. The highest BCUT2D eigenvalue weighted by Crippen LogP contribution is 2.16. The average molecular weight is 309 g/mol. The van der Waals surface area contributed by atoms with Crippen LogP contribution >= 0.6 is 11.6 Å². The molecule has 2 aromatic rings. The number of carbonyl (C=O) groups is 1. The van der Waals surface area contributed by atoms with Crippen molar-refractivity contribution in [1.29, 1.82) is 0 Å². The van der Waals surface area contributed by atoms with Gasteiger partial charge in [-0.2, -0.15) is 0 Å². The van der Waals surface area contributed by atoms with Gasteiger partial charge in [0.05, 0.1) is 0 Å². The lowest BCUT2D eigenvalue weighted by Gasteiger charge is -2.19. The van der Waals surface area contributed by atoms with Crippen LogP contribution in [0.2, 0.25) is 5.02 Å².